The third-order valence-corrected chi connectivity index (χ3v) is 3.06. The monoisotopic (exact) mass is 260 g/mol. The second-order valence-corrected chi connectivity index (χ2v) is 4.48. The van der Waals surface area contributed by atoms with Gasteiger partial charge < -0.3 is 9.47 Å². The van der Waals surface area contributed by atoms with E-state index in [1.54, 1.807) is 7.11 Å². The third-order valence-electron chi connectivity index (χ3n) is 3.06. The number of unbranched alkanes of at least 4 members (excludes halogenated alkanes) is 3. The smallest absolute Gasteiger partial charge is 0.123 e. The molecule has 19 heavy (non-hydrogen) atoms. The van der Waals surface area contributed by atoms with Crippen molar-refractivity contribution >= 4 is 0 Å². The lowest BCUT2D eigenvalue weighted by molar-refractivity contribution is 0.267. The SMILES string of the molecule is CCCCCCOC#Cc1cccc(OC)c1CC. The molecule has 2 heteroatoms. The van der Waals surface area contributed by atoms with E-state index in [9.17, 15) is 0 Å². The second-order valence-electron chi connectivity index (χ2n) is 4.48. The number of hydrogen-bond donors (Lipinski definition) is 0. The first-order valence-corrected chi connectivity index (χ1v) is 7.12. The van der Waals surface area contributed by atoms with Gasteiger partial charge in [-0.1, -0.05) is 39.2 Å². The Morgan fingerprint density at radius 3 is 2.63 bits per heavy atom. The van der Waals surface area contributed by atoms with Crippen LogP contribution < -0.4 is 4.74 Å². The molecule has 0 aliphatic carbocycles. The number of rotatable bonds is 7. The van der Waals surface area contributed by atoms with E-state index < -0.39 is 0 Å². The van der Waals surface area contributed by atoms with E-state index in [1.807, 2.05) is 18.2 Å². The van der Waals surface area contributed by atoms with Crippen LogP contribution in [0.1, 0.15) is 50.7 Å². The fourth-order valence-corrected chi connectivity index (χ4v) is 1.98. The Morgan fingerprint density at radius 2 is 1.95 bits per heavy atom. The Morgan fingerprint density at radius 1 is 1.11 bits per heavy atom. The van der Waals surface area contributed by atoms with Crippen LogP contribution in [0.5, 0.6) is 5.75 Å². The van der Waals surface area contributed by atoms with Crippen molar-refractivity contribution in [1.82, 2.24) is 0 Å². The molecule has 0 fully saturated rings. The summed E-state index contributed by atoms with van der Waals surface area (Å²) in [7, 11) is 1.69. The molecule has 0 aromatic heterocycles. The molecule has 0 atom stereocenters. The molecule has 0 saturated carbocycles. The van der Waals surface area contributed by atoms with Crippen LogP contribution >= 0.6 is 0 Å². The van der Waals surface area contributed by atoms with Crippen molar-refractivity contribution in [1.29, 1.82) is 0 Å². The van der Waals surface area contributed by atoms with Crippen LogP contribution in [0.4, 0.5) is 0 Å². The topological polar surface area (TPSA) is 18.5 Å². The summed E-state index contributed by atoms with van der Waals surface area (Å²) < 4.78 is 10.7. The van der Waals surface area contributed by atoms with Crippen LogP contribution in [0, 0.1) is 12.0 Å². The molecule has 0 saturated heterocycles. The summed E-state index contributed by atoms with van der Waals surface area (Å²) in [6.07, 6.45) is 8.53. The Hall–Kier alpha value is -1.62. The summed E-state index contributed by atoms with van der Waals surface area (Å²) in [4.78, 5) is 0. The summed E-state index contributed by atoms with van der Waals surface area (Å²) in [5, 5.41) is 0. The van der Waals surface area contributed by atoms with Gasteiger partial charge in [-0.15, -0.1) is 0 Å². The van der Waals surface area contributed by atoms with Crippen molar-refractivity contribution in [3.63, 3.8) is 0 Å². The fourth-order valence-electron chi connectivity index (χ4n) is 1.98. The number of ether oxygens (including phenoxy) is 2. The summed E-state index contributed by atoms with van der Waals surface area (Å²) in [6, 6.07) is 5.94. The average molecular weight is 260 g/mol. The van der Waals surface area contributed by atoms with Gasteiger partial charge in [0.15, 0.2) is 0 Å². The first-order chi connectivity index (χ1) is 9.33. The van der Waals surface area contributed by atoms with Crippen molar-refractivity contribution in [2.45, 2.75) is 46.0 Å². The maximum atomic E-state index is 5.36. The molecular formula is C17H24O2. The van der Waals surface area contributed by atoms with Crippen molar-refractivity contribution in [3.05, 3.63) is 29.3 Å². The third kappa shape index (κ3) is 5.26. The molecule has 1 aromatic rings. The van der Waals surface area contributed by atoms with Gasteiger partial charge in [0.05, 0.1) is 7.11 Å². The molecule has 1 rings (SSSR count). The highest BCUT2D eigenvalue weighted by Crippen LogP contribution is 2.21. The van der Waals surface area contributed by atoms with Crippen LogP contribution in [0.2, 0.25) is 0 Å². The molecule has 0 spiro atoms. The molecule has 0 radical (unpaired) electrons. The Balaban J connectivity index is 2.53. The minimum atomic E-state index is 0.721. The number of benzene rings is 1. The molecule has 0 amide bonds. The van der Waals surface area contributed by atoms with E-state index in [0.29, 0.717) is 0 Å². The molecule has 2 nitrogen and oxygen atoms in total. The predicted octanol–water partition coefficient (Wildman–Crippen LogP) is 4.16. The lowest BCUT2D eigenvalue weighted by Gasteiger charge is -2.07. The van der Waals surface area contributed by atoms with E-state index in [0.717, 1.165) is 36.3 Å². The van der Waals surface area contributed by atoms with Crippen molar-refractivity contribution in [2.75, 3.05) is 13.7 Å². The van der Waals surface area contributed by atoms with Gasteiger partial charge in [0.2, 0.25) is 0 Å². The maximum absolute atomic E-state index is 5.36. The highest BCUT2D eigenvalue weighted by Gasteiger charge is 2.04. The van der Waals surface area contributed by atoms with Crippen molar-refractivity contribution in [2.24, 2.45) is 0 Å². The Labute approximate surface area is 117 Å². The van der Waals surface area contributed by atoms with Gasteiger partial charge in [-0.2, -0.15) is 0 Å². The van der Waals surface area contributed by atoms with E-state index in [4.69, 9.17) is 9.47 Å². The molecule has 0 bridgehead atoms. The van der Waals surface area contributed by atoms with Gasteiger partial charge in [-0.05, 0) is 30.9 Å². The average Bonchev–Trinajstić information content (AvgIpc) is 2.45. The van der Waals surface area contributed by atoms with E-state index in [-0.39, 0.29) is 0 Å². The van der Waals surface area contributed by atoms with Crippen LogP contribution in [0.25, 0.3) is 0 Å². The zero-order valence-corrected chi connectivity index (χ0v) is 12.3. The fraction of sp³-hybridized carbons (Fsp3) is 0.529. The Bertz CT molecular complexity index is 427. The van der Waals surface area contributed by atoms with Gasteiger partial charge in [0.1, 0.15) is 18.5 Å². The van der Waals surface area contributed by atoms with E-state index in [1.165, 1.54) is 19.3 Å². The summed E-state index contributed by atoms with van der Waals surface area (Å²) in [5.41, 5.74) is 2.14. The largest absolute Gasteiger partial charge is 0.496 e. The zero-order chi connectivity index (χ0) is 13.9. The van der Waals surface area contributed by atoms with Crippen molar-refractivity contribution in [3.8, 4) is 17.8 Å². The quantitative estimate of drug-likeness (QED) is 0.541. The molecule has 104 valence electrons. The number of hydrogen-bond acceptors (Lipinski definition) is 2. The van der Waals surface area contributed by atoms with Gasteiger partial charge in [0.25, 0.3) is 0 Å². The highest BCUT2D eigenvalue weighted by molar-refractivity contribution is 5.48. The van der Waals surface area contributed by atoms with Crippen LogP contribution in [-0.2, 0) is 11.2 Å². The summed E-state index contributed by atoms with van der Waals surface area (Å²) >= 11 is 0. The molecule has 0 aliphatic heterocycles. The van der Waals surface area contributed by atoms with Gasteiger partial charge in [0, 0.05) is 11.1 Å². The van der Waals surface area contributed by atoms with Crippen LogP contribution in [0.15, 0.2) is 18.2 Å². The highest BCUT2D eigenvalue weighted by atomic mass is 16.5. The lowest BCUT2D eigenvalue weighted by atomic mass is 10.0. The van der Waals surface area contributed by atoms with Gasteiger partial charge in [-0.25, -0.2) is 0 Å². The predicted molar refractivity (Wildman–Crippen MR) is 79.3 cm³/mol. The molecule has 0 heterocycles. The van der Waals surface area contributed by atoms with E-state index in [2.05, 4.69) is 25.9 Å². The normalized spacial score (nSPS) is 9.63. The number of methoxy groups -OCH3 is 1. The molecule has 0 unspecified atom stereocenters. The summed E-state index contributed by atoms with van der Waals surface area (Å²) in [6.45, 7) is 5.03. The molecular weight excluding hydrogens is 236 g/mol. The first-order valence-electron chi connectivity index (χ1n) is 7.12. The minimum absolute atomic E-state index is 0.721. The van der Waals surface area contributed by atoms with E-state index >= 15 is 0 Å². The molecule has 1 aromatic carbocycles. The second kappa shape index (κ2) is 9.33. The minimum Gasteiger partial charge on any atom is -0.496 e. The first kappa shape index (κ1) is 15.4. The van der Waals surface area contributed by atoms with Gasteiger partial charge >= 0.3 is 0 Å². The molecule has 0 aliphatic rings. The Kier molecular flexibility index (Phi) is 7.58. The standard InChI is InChI=1S/C17H24O2/c1-4-6-7-8-13-19-14-12-15-10-9-11-17(18-3)16(15)5-2/h9-11H,4-8,13H2,1-3H3. The van der Waals surface area contributed by atoms with Crippen molar-refractivity contribution < 1.29 is 9.47 Å². The lowest BCUT2D eigenvalue weighted by Crippen LogP contribution is -1.94. The van der Waals surface area contributed by atoms with Crippen LogP contribution in [-0.4, -0.2) is 13.7 Å². The molecule has 0 N–H and O–H groups in total. The maximum Gasteiger partial charge on any atom is 0.123 e. The summed E-state index contributed by atoms with van der Waals surface area (Å²) in [5.74, 6) is 3.98. The van der Waals surface area contributed by atoms with Crippen LogP contribution in [0.3, 0.4) is 0 Å². The zero-order valence-electron chi connectivity index (χ0n) is 12.3. The van der Waals surface area contributed by atoms with Gasteiger partial charge in [-0.3, -0.25) is 0 Å².